The van der Waals surface area contributed by atoms with Crippen LogP contribution in [0.5, 0.6) is 0 Å². The van der Waals surface area contributed by atoms with E-state index < -0.39 is 5.97 Å². The lowest BCUT2D eigenvalue weighted by molar-refractivity contribution is -0.136. The first-order valence-corrected chi connectivity index (χ1v) is 6.52. The summed E-state index contributed by atoms with van der Waals surface area (Å²) in [6.45, 7) is 8.48. The maximum atomic E-state index is 11.0. The first kappa shape index (κ1) is 13.7. The summed E-state index contributed by atoms with van der Waals surface area (Å²) in [6, 6.07) is 6.36. The maximum Gasteiger partial charge on any atom is 0.307 e. The van der Waals surface area contributed by atoms with Crippen LogP contribution >= 0.6 is 0 Å². The molecule has 3 nitrogen and oxygen atoms in total. The number of benzene rings is 1. The molecule has 1 heterocycles. The van der Waals surface area contributed by atoms with Crippen LogP contribution < -0.4 is 0 Å². The van der Waals surface area contributed by atoms with Gasteiger partial charge in [0.1, 0.15) is 0 Å². The summed E-state index contributed by atoms with van der Waals surface area (Å²) < 4.78 is 2.07. The zero-order valence-electron chi connectivity index (χ0n) is 12.2. The molecule has 0 fully saturated rings. The minimum Gasteiger partial charge on any atom is -0.481 e. The monoisotopic (exact) mass is 259 g/mol. The Morgan fingerprint density at radius 2 is 1.95 bits per heavy atom. The summed E-state index contributed by atoms with van der Waals surface area (Å²) in [6.07, 6.45) is 0.0801. The van der Waals surface area contributed by atoms with Gasteiger partial charge in [0.15, 0.2) is 0 Å². The van der Waals surface area contributed by atoms with Gasteiger partial charge in [-0.1, -0.05) is 26.8 Å². The fourth-order valence-corrected chi connectivity index (χ4v) is 2.49. The second-order valence-corrected chi connectivity index (χ2v) is 6.18. The van der Waals surface area contributed by atoms with Crippen LogP contribution in [-0.4, -0.2) is 15.6 Å². The number of nitrogens with zero attached hydrogens (tertiary/aromatic N) is 1. The van der Waals surface area contributed by atoms with Crippen molar-refractivity contribution in [2.75, 3.05) is 0 Å². The molecule has 0 bridgehead atoms. The molecule has 1 aromatic heterocycles. The molecular formula is C16H21NO2. The molecule has 0 radical (unpaired) electrons. The van der Waals surface area contributed by atoms with Gasteiger partial charge in [-0.15, -0.1) is 0 Å². The van der Waals surface area contributed by atoms with Crippen LogP contribution in [0.3, 0.4) is 0 Å². The molecule has 0 atom stereocenters. The number of hydrogen-bond acceptors (Lipinski definition) is 1. The molecule has 102 valence electrons. The first-order valence-electron chi connectivity index (χ1n) is 6.52. The predicted octanol–water partition coefficient (Wildman–Crippen LogP) is 3.41. The highest BCUT2D eigenvalue weighted by atomic mass is 16.4. The third kappa shape index (κ3) is 2.37. The highest BCUT2D eigenvalue weighted by Crippen LogP contribution is 2.31. The van der Waals surface area contributed by atoms with Crippen molar-refractivity contribution >= 4 is 16.9 Å². The van der Waals surface area contributed by atoms with Crippen molar-refractivity contribution < 1.29 is 9.90 Å². The number of hydrogen-bond donors (Lipinski definition) is 1. The molecule has 2 rings (SSSR count). The van der Waals surface area contributed by atoms with Crippen molar-refractivity contribution in [1.29, 1.82) is 0 Å². The third-order valence-electron chi connectivity index (χ3n) is 3.82. The smallest absolute Gasteiger partial charge is 0.307 e. The van der Waals surface area contributed by atoms with Gasteiger partial charge in [-0.2, -0.15) is 0 Å². The molecule has 0 unspecified atom stereocenters. The summed E-state index contributed by atoms with van der Waals surface area (Å²) in [7, 11) is 1.99. The molecule has 19 heavy (non-hydrogen) atoms. The Bertz CT molecular complexity index is 645. The highest BCUT2D eigenvalue weighted by molar-refractivity contribution is 5.89. The lowest BCUT2D eigenvalue weighted by Crippen LogP contribution is -2.10. The van der Waals surface area contributed by atoms with Crippen LogP contribution in [0.25, 0.3) is 10.9 Å². The minimum atomic E-state index is -0.781. The third-order valence-corrected chi connectivity index (χ3v) is 3.82. The zero-order chi connectivity index (χ0) is 14.4. The van der Waals surface area contributed by atoms with Gasteiger partial charge >= 0.3 is 5.97 Å². The van der Waals surface area contributed by atoms with Crippen LogP contribution in [0.4, 0.5) is 0 Å². The van der Waals surface area contributed by atoms with E-state index >= 15 is 0 Å². The first-order chi connectivity index (χ1) is 8.71. The van der Waals surface area contributed by atoms with Gasteiger partial charge < -0.3 is 9.67 Å². The molecule has 0 aliphatic rings. The second kappa shape index (κ2) is 4.41. The Kier molecular flexibility index (Phi) is 3.17. The molecule has 0 amide bonds. The van der Waals surface area contributed by atoms with Gasteiger partial charge in [0.25, 0.3) is 0 Å². The second-order valence-electron chi connectivity index (χ2n) is 6.18. The van der Waals surface area contributed by atoms with Crippen LogP contribution in [-0.2, 0) is 23.7 Å². The lowest BCUT2D eigenvalue weighted by atomic mass is 9.86. The number of rotatable bonds is 2. The summed E-state index contributed by atoms with van der Waals surface area (Å²) >= 11 is 0. The van der Waals surface area contributed by atoms with Crippen molar-refractivity contribution in [2.45, 2.75) is 39.5 Å². The van der Waals surface area contributed by atoms with E-state index in [9.17, 15) is 4.79 Å². The summed E-state index contributed by atoms with van der Waals surface area (Å²) in [5.74, 6) is -0.781. The topological polar surface area (TPSA) is 42.2 Å². The van der Waals surface area contributed by atoms with Crippen LogP contribution in [0.2, 0.25) is 0 Å². The lowest BCUT2D eigenvalue weighted by Gasteiger charge is -2.19. The van der Waals surface area contributed by atoms with E-state index in [1.807, 2.05) is 14.0 Å². The SMILES string of the molecule is Cc1c(CC(=O)O)c2cc(C(C)(C)C)ccc2n1C. The number of carboxylic acids is 1. The van der Waals surface area contributed by atoms with Gasteiger partial charge in [-0.25, -0.2) is 0 Å². The summed E-state index contributed by atoms with van der Waals surface area (Å²) in [5.41, 5.74) is 4.36. The van der Waals surface area contributed by atoms with Gasteiger partial charge in [-0.3, -0.25) is 4.79 Å². The Morgan fingerprint density at radius 3 is 2.47 bits per heavy atom. The van der Waals surface area contributed by atoms with E-state index in [0.717, 1.165) is 22.2 Å². The summed E-state index contributed by atoms with van der Waals surface area (Å²) in [4.78, 5) is 11.0. The van der Waals surface area contributed by atoms with Gasteiger partial charge in [-0.05, 0) is 35.6 Å². The number of aromatic nitrogens is 1. The molecule has 0 saturated heterocycles. The van der Waals surface area contributed by atoms with Crippen LogP contribution in [0.1, 0.15) is 37.6 Å². The minimum absolute atomic E-state index is 0.0679. The molecule has 0 aliphatic heterocycles. The predicted molar refractivity (Wildman–Crippen MR) is 77.7 cm³/mol. The average Bonchev–Trinajstić information content (AvgIpc) is 2.53. The fraction of sp³-hybridized carbons (Fsp3) is 0.438. The Labute approximate surface area is 113 Å². The van der Waals surface area contributed by atoms with Gasteiger partial charge in [0.2, 0.25) is 0 Å². The van der Waals surface area contributed by atoms with E-state index in [0.29, 0.717) is 0 Å². The number of fused-ring (bicyclic) bond motifs is 1. The number of carboxylic acid groups (broad SMARTS) is 1. The van der Waals surface area contributed by atoms with E-state index in [1.165, 1.54) is 5.56 Å². The van der Waals surface area contributed by atoms with Crippen molar-refractivity contribution in [3.8, 4) is 0 Å². The molecule has 3 heteroatoms. The summed E-state index contributed by atoms with van der Waals surface area (Å²) in [5, 5.41) is 10.1. The molecule has 1 N–H and O–H groups in total. The number of carbonyl (C=O) groups is 1. The van der Waals surface area contributed by atoms with E-state index in [2.05, 4.69) is 43.5 Å². The zero-order valence-corrected chi connectivity index (χ0v) is 12.2. The van der Waals surface area contributed by atoms with Crippen LogP contribution in [0, 0.1) is 6.92 Å². The van der Waals surface area contributed by atoms with Crippen LogP contribution in [0.15, 0.2) is 18.2 Å². The Balaban J connectivity index is 2.72. The average molecular weight is 259 g/mol. The van der Waals surface area contributed by atoms with E-state index in [-0.39, 0.29) is 11.8 Å². The Hall–Kier alpha value is -1.77. The van der Waals surface area contributed by atoms with Crippen molar-refractivity contribution in [2.24, 2.45) is 7.05 Å². The molecule has 0 aliphatic carbocycles. The fourth-order valence-electron chi connectivity index (χ4n) is 2.49. The van der Waals surface area contributed by atoms with Crippen molar-refractivity contribution in [3.05, 3.63) is 35.0 Å². The van der Waals surface area contributed by atoms with Gasteiger partial charge in [0.05, 0.1) is 6.42 Å². The van der Waals surface area contributed by atoms with E-state index in [4.69, 9.17) is 5.11 Å². The molecule has 0 spiro atoms. The molecule has 0 saturated carbocycles. The quantitative estimate of drug-likeness (QED) is 0.898. The Morgan fingerprint density at radius 1 is 1.32 bits per heavy atom. The number of aryl methyl sites for hydroxylation is 1. The van der Waals surface area contributed by atoms with Crippen molar-refractivity contribution in [1.82, 2.24) is 4.57 Å². The normalized spacial score (nSPS) is 12.1. The number of aliphatic carboxylic acids is 1. The van der Waals surface area contributed by atoms with Crippen molar-refractivity contribution in [3.63, 3.8) is 0 Å². The standard InChI is InChI=1S/C16H21NO2/c1-10-12(9-15(18)19)13-8-11(16(2,3)4)6-7-14(13)17(10)5/h6-8H,9H2,1-5H3,(H,18,19). The molecule has 1 aromatic carbocycles. The molecular weight excluding hydrogens is 238 g/mol. The van der Waals surface area contributed by atoms with E-state index in [1.54, 1.807) is 0 Å². The maximum absolute atomic E-state index is 11.0. The molecule has 2 aromatic rings. The van der Waals surface area contributed by atoms with Gasteiger partial charge in [0, 0.05) is 23.6 Å². The highest BCUT2D eigenvalue weighted by Gasteiger charge is 2.18. The largest absolute Gasteiger partial charge is 0.481 e.